The number of nitrogens with two attached hydrogens (primary N) is 1. The number of nitrogens with one attached hydrogen (secondary N) is 1. The highest BCUT2D eigenvalue weighted by Crippen LogP contribution is 2.13. The molecule has 0 aliphatic carbocycles. The zero-order chi connectivity index (χ0) is 17.5. The van der Waals surface area contributed by atoms with Gasteiger partial charge in [0.25, 0.3) is 0 Å². The first-order chi connectivity index (χ1) is 11.5. The molecule has 1 aromatic rings. The summed E-state index contributed by atoms with van der Waals surface area (Å²) < 4.78 is 5.61. The molecule has 3 N–H and O–H groups in total. The van der Waals surface area contributed by atoms with Crippen LogP contribution in [-0.2, 0) is 9.59 Å². The predicted octanol–water partition coefficient (Wildman–Crippen LogP) is 1.58. The van der Waals surface area contributed by atoms with Crippen molar-refractivity contribution in [1.29, 1.82) is 0 Å². The van der Waals surface area contributed by atoms with Crippen molar-refractivity contribution in [3.05, 3.63) is 30.3 Å². The van der Waals surface area contributed by atoms with Crippen molar-refractivity contribution in [1.82, 2.24) is 10.2 Å². The van der Waals surface area contributed by atoms with Crippen LogP contribution < -0.4 is 15.8 Å². The fraction of sp³-hybridized carbons (Fsp3) is 0.556. The lowest BCUT2D eigenvalue weighted by Gasteiger charge is -2.19. The molecular formula is C18H28ClN3O3. The van der Waals surface area contributed by atoms with Gasteiger partial charge in [0.1, 0.15) is 12.4 Å². The molecule has 2 rings (SSSR count). The molecule has 2 amide bonds. The number of hydrogen-bond donors (Lipinski definition) is 2. The standard InChI is InChI=1S/C18H27N3O3.ClH/c1-13(2)10-16(19)18(23)20-14-11-17(22)21(12-14)8-9-24-15-6-4-3-5-7-15;/h3-7,13-14,16H,8-12,19H2,1-2H3,(H,20,23);1H/t14?,16-;/m0./s1. The van der Waals surface area contributed by atoms with E-state index in [0.29, 0.717) is 38.5 Å². The molecule has 1 aliphatic heterocycles. The van der Waals surface area contributed by atoms with E-state index in [-0.39, 0.29) is 30.3 Å². The van der Waals surface area contributed by atoms with Gasteiger partial charge >= 0.3 is 0 Å². The fourth-order valence-corrected chi connectivity index (χ4v) is 2.80. The van der Waals surface area contributed by atoms with Gasteiger partial charge in [0.15, 0.2) is 0 Å². The largest absolute Gasteiger partial charge is 0.492 e. The first kappa shape index (κ1) is 21.3. The molecule has 6 nitrogen and oxygen atoms in total. The van der Waals surface area contributed by atoms with E-state index >= 15 is 0 Å². The summed E-state index contributed by atoms with van der Waals surface area (Å²) in [5.74, 6) is 1.01. The average molecular weight is 370 g/mol. The Morgan fingerprint density at radius 3 is 2.68 bits per heavy atom. The van der Waals surface area contributed by atoms with Gasteiger partial charge in [-0.2, -0.15) is 0 Å². The van der Waals surface area contributed by atoms with Gasteiger partial charge < -0.3 is 20.7 Å². The Kier molecular flexibility index (Phi) is 8.72. The van der Waals surface area contributed by atoms with E-state index < -0.39 is 6.04 Å². The molecule has 1 saturated heterocycles. The summed E-state index contributed by atoms with van der Waals surface area (Å²) >= 11 is 0. The molecule has 140 valence electrons. The van der Waals surface area contributed by atoms with Crippen molar-refractivity contribution in [2.75, 3.05) is 19.7 Å². The lowest BCUT2D eigenvalue weighted by molar-refractivity contribution is -0.128. The van der Waals surface area contributed by atoms with Gasteiger partial charge in [0.05, 0.1) is 18.6 Å². The maximum atomic E-state index is 12.1. The van der Waals surface area contributed by atoms with Gasteiger partial charge in [-0.15, -0.1) is 12.4 Å². The summed E-state index contributed by atoms with van der Waals surface area (Å²) in [5.41, 5.74) is 5.88. The summed E-state index contributed by atoms with van der Waals surface area (Å²) in [6.45, 7) is 5.51. The van der Waals surface area contributed by atoms with E-state index in [1.165, 1.54) is 0 Å². The first-order valence-electron chi connectivity index (χ1n) is 8.47. The summed E-state index contributed by atoms with van der Waals surface area (Å²) in [4.78, 5) is 25.8. The van der Waals surface area contributed by atoms with Crippen LogP contribution in [0.2, 0.25) is 0 Å². The van der Waals surface area contributed by atoms with Crippen LogP contribution in [-0.4, -0.2) is 48.5 Å². The van der Waals surface area contributed by atoms with E-state index in [9.17, 15) is 9.59 Å². The number of nitrogens with zero attached hydrogens (tertiary/aromatic N) is 1. The maximum absolute atomic E-state index is 12.1. The van der Waals surface area contributed by atoms with Crippen molar-refractivity contribution >= 4 is 24.2 Å². The van der Waals surface area contributed by atoms with Gasteiger partial charge in [0.2, 0.25) is 11.8 Å². The molecule has 7 heteroatoms. The average Bonchev–Trinajstić information content (AvgIpc) is 2.87. The smallest absolute Gasteiger partial charge is 0.237 e. The molecule has 0 bridgehead atoms. The van der Waals surface area contributed by atoms with Gasteiger partial charge in [-0.05, 0) is 24.5 Å². The van der Waals surface area contributed by atoms with Crippen LogP contribution in [0.25, 0.3) is 0 Å². The van der Waals surface area contributed by atoms with Crippen molar-refractivity contribution in [2.45, 2.75) is 38.8 Å². The molecule has 25 heavy (non-hydrogen) atoms. The third kappa shape index (κ3) is 6.92. The number of hydrogen-bond acceptors (Lipinski definition) is 4. The molecular weight excluding hydrogens is 342 g/mol. The number of carbonyl (C=O) groups excluding carboxylic acids is 2. The first-order valence-corrected chi connectivity index (χ1v) is 8.47. The summed E-state index contributed by atoms with van der Waals surface area (Å²) in [6.07, 6.45) is 0.965. The van der Waals surface area contributed by atoms with E-state index in [4.69, 9.17) is 10.5 Å². The van der Waals surface area contributed by atoms with Gasteiger partial charge in [-0.25, -0.2) is 0 Å². The number of benzene rings is 1. The molecule has 0 saturated carbocycles. The highest BCUT2D eigenvalue weighted by molar-refractivity contribution is 5.85. The monoisotopic (exact) mass is 369 g/mol. The van der Waals surface area contributed by atoms with Crippen LogP contribution in [0, 0.1) is 5.92 Å². The number of ether oxygens (including phenoxy) is 1. The molecule has 1 heterocycles. The molecule has 1 aliphatic rings. The lowest BCUT2D eigenvalue weighted by atomic mass is 10.0. The van der Waals surface area contributed by atoms with Gasteiger partial charge in [-0.1, -0.05) is 32.0 Å². The Balaban J connectivity index is 0.00000312. The SMILES string of the molecule is CC(C)C[C@H](N)C(=O)NC1CC(=O)N(CCOc2ccccc2)C1.Cl. The molecule has 1 unspecified atom stereocenters. The molecule has 0 spiro atoms. The maximum Gasteiger partial charge on any atom is 0.237 e. The quantitative estimate of drug-likeness (QED) is 0.728. The predicted molar refractivity (Wildman–Crippen MR) is 99.7 cm³/mol. The Bertz CT molecular complexity index is 554. The van der Waals surface area contributed by atoms with Crippen LogP contribution in [0.5, 0.6) is 5.75 Å². The number of halogens is 1. The number of likely N-dealkylation sites (tertiary alicyclic amines) is 1. The zero-order valence-electron chi connectivity index (χ0n) is 14.8. The Labute approximate surface area is 155 Å². The minimum absolute atomic E-state index is 0. The minimum Gasteiger partial charge on any atom is -0.492 e. The summed E-state index contributed by atoms with van der Waals surface area (Å²) in [7, 11) is 0. The third-order valence-electron chi connectivity index (χ3n) is 4.00. The van der Waals surface area contributed by atoms with Crippen LogP contribution in [0.4, 0.5) is 0 Å². The molecule has 1 fully saturated rings. The lowest BCUT2D eigenvalue weighted by Crippen LogP contribution is -2.46. The summed E-state index contributed by atoms with van der Waals surface area (Å²) in [5, 5.41) is 2.89. The van der Waals surface area contributed by atoms with E-state index in [0.717, 1.165) is 5.75 Å². The molecule has 2 atom stereocenters. The molecule has 0 radical (unpaired) electrons. The number of carbonyl (C=O) groups is 2. The Hall–Kier alpha value is -1.79. The van der Waals surface area contributed by atoms with Crippen molar-refractivity contribution in [2.24, 2.45) is 11.7 Å². The highest BCUT2D eigenvalue weighted by atomic mass is 35.5. The van der Waals surface area contributed by atoms with E-state index in [2.05, 4.69) is 5.32 Å². The summed E-state index contributed by atoms with van der Waals surface area (Å²) in [6, 6.07) is 8.81. The second-order valence-electron chi connectivity index (χ2n) is 6.65. The Morgan fingerprint density at radius 1 is 1.36 bits per heavy atom. The van der Waals surface area contributed by atoms with E-state index in [1.807, 2.05) is 44.2 Å². The van der Waals surface area contributed by atoms with Crippen molar-refractivity contribution < 1.29 is 14.3 Å². The number of para-hydroxylation sites is 1. The highest BCUT2D eigenvalue weighted by Gasteiger charge is 2.31. The van der Waals surface area contributed by atoms with Crippen LogP contribution in [0.1, 0.15) is 26.7 Å². The topological polar surface area (TPSA) is 84.7 Å². The normalized spacial score (nSPS) is 18.0. The van der Waals surface area contributed by atoms with E-state index in [1.54, 1.807) is 4.90 Å². The van der Waals surface area contributed by atoms with Crippen molar-refractivity contribution in [3.63, 3.8) is 0 Å². The van der Waals surface area contributed by atoms with Crippen LogP contribution in [0.3, 0.4) is 0 Å². The second kappa shape index (κ2) is 10.3. The van der Waals surface area contributed by atoms with Crippen molar-refractivity contribution in [3.8, 4) is 5.75 Å². The minimum atomic E-state index is -0.518. The van der Waals surface area contributed by atoms with Crippen LogP contribution >= 0.6 is 12.4 Å². The second-order valence-corrected chi connectivity index (χ2v) is 6.65. The fourth-order valence-electron chi connectivity index (χ4n) is 2.80. The zero-order valence-corrected chi connectivity index (χ0v) is 15.6. The number of rotatable bonds is 8. The van der Waals surface area contributed by atoms with Gasteiger partial charge in [0, 0.05) is 13.0 Å². The Morgan fingerprint density at radius 2 is 2.04 bits per heavy atom. The third-order valence-corrected chi connectivity index (χ3v) is 4.00. The van der Waals surface area contributed by atoms with Gasteiger partial charge in [-0.3, -0.25) is 9.59 Å². The van der Waals surface area contributed by atoms with Crippen LogP contribution in [0.15, 0.2) is 30.3 Å². The molecule has 0 aromatic heterocycles. The molecule has 1 aromatic carbocycles. The number of amides is 2.